The first-order chi connectivity index (χ1) is 12.5. The quantitative estimate of drug-likeness (QED) is 0.329. The van der Waals surface area contributed by atoms with E-state index in [1.807, 2.05) is 24.3 Å². The van der Waals surface area contributed by atoms with Crippen molar-refractivity contribution in [1.82, 2.24) is 4.57 Å². The first-order valence-electron chi connectivity index (χ1n) is 8.37. The second-order valence-electron chi connectivity index (χ2n) is 6.04. The average molecular weight is 480 g/mol. The lowest BCUT2D eigenvalue weighted by Gasteiger charge is -2.11. The fourth-order valence-corrected chi connectivity index (χ4v) is 3.12. The largest absolute Gasteiger partial charge is 0.493 e. The molecule has 144 valence electrons. The number of nitrogens with zero attached hydrogens (tertiary/aromatic N) is 2. The number of para-hydroxylation sites is 1. The van der Waals surface area contributed by atoms with Crippen LogP contribution in [0.4, 0.5) is 5.69 Å². The van der Waals surface area contributed by atoms with Gasteiger partial charge in [0, 0.05) is 35.4 Å². The van der Waals surface area contributed by atoms with Crippen molar-refractivity contribution >= 4 is 46.5 Å². The second-order valence-corrected chi connectivity index (χ2v) is 6.04. The number of aromatic nitrogens is 1. The van der Waals surface area contributed by atoms with Gasteiger partial charge in [-0.1, -0.05) is 18.2 Å². The maximum atomic E-state index is 6.07. The fraction of sp³-hybridized carbons (Fsp3) is 0.250. The third-order valence-electron chi connectivity index (χ3n) is 4.56. The van der Waals surface area contributed by atoms with Crippen LogP contribution >= 0.6 is 24.0 Å². The second kappa shape index (κ2) is 8.98. The molecule has 2 aromatic carbocycles. The van der Waals surface area contributed by atoms with Crippen molar-refractivity contribution in [3.05, 3.63) is 53.7 Å². The van der Waals surface area contributed by atoms with Gasteiger partial charge in [-0.25, -0.2) is 4.99 Å². The Kier molecular flexibility index (Phi) is 6.95. The molecular weight excluding hydrogens is 455 g/mol. The van der Waals surface area contributed by atoms with Crippen molar-refractivity contribution < 1.29 is 9.47 Å². The zero-order valence-corrected chi connectivity index (χ0v) is 18.3. The van der Waals surface area contributed by atoms with Crippen LogP contribution < -0.4 is 20.5 Å². The molecule has 0 aliphatic carbocycles. The minimum absolute atomic E-state index is 0. The number of aliphatic imine (C=N–C) groups is 1. The van der Waals surface area contributed by atoms with Gasteiger partial charge in [-0.2, -0.15) is 0 Å². The van der Waals surface area contributed by atoms with Gasteiger partial charge in [0.2, 0.25) is 0 Å². The van der Waals surface area contributed by atoms with Crippen molar-refractivity contribution in [3.8, 4) is 11.5 Å². The minimum atomic E-state index is 0. The number of guanidine groups is 1. The summed E-state index contributed by atoms with van der Waals surface area (Å²) in [4.78, 5) is 4.50. The van der Waals surface area contributed by atoms with Crippen LogP contribution in [0.15, 0.2) is 47.5 Å². The van der Waals surface area contributed by atoms with E-state index in [4.69, 9.17) is 15.2 Å². The minimum Gasteiger partial charge on any atom is -0.493 e. The molecule has 1 heterocycles. The van der Waals surface area contributed by atoms with Crippen LogP contribution in [0.1, 0.15) is 11.3 Å². The number of benzene rings is 2. The Morgan fingerprint density at radius 2 is 1.81 bits per heavy atom. The van der Waals surface area contributed by atoms with E-state index in [2.05, 4.69) is 47.0 Å². The standard InChI is InChI=1S/C20H24N4O2.HI/c1-13-15-7-5-6-8-16(15)24(2)17(13)12-22-20(21)23-14-9-10-18(25-3)19(11-14)26-4;/h5-11H,12H2,1-4H3,(H3,21,22,23);1H. The average Bonchev–Trinajstić information content (AvgIpc) is 2.90. The van der Waals surface area contributed by atoms with E-state index >= 15 is 0 Å². The van der Waals surface area contributed by atoms with Crippen LogP contribution in [0.25, 0.3) is 10.9 Å². The Morgan fingerprint density at radius 3 is 2.48 bits per heavy atom. The van der Waals surface area contributed by atoms with E-state index in [9.17, 15) is 0 Å². The van der Waals surface area contributed by atoms with E-state index in [-0.39, 0.29) is 24.0 Å². The third kappa shape index (κ3) is 4.29. The molecule has 7 heteroatoms. The number of nitrogens with two attached hydrogens (primary N) is 1. The molecule has 3 rings (SSSR count). The lowest BCUT2D eigenvalue weighted by Crippen LogP contribution is -2.22. The molecule has 0 fully saturated rings. The molecule has 3 N–H and O–H groups in total. The van der Waals surface area contributed by atoms with E-state index < -0.39 is 0 Å². The van der Waals surface area contributed by atoms with Crippen LogP contribution in [0, 0.1) is 6.92 Å². The first-order valence-corrected chi connectivity index (χ1v) is 8.37. The number of methoxy groups -OCH3 is 2. The summed E-state index contributed by atoms with van der Waals surface area (Å²) >= 11 is 0. The molecule has 0 saturated heterocycles. The Labute approximate surface area is 176 Å². The number of rotatable bonds is 5. The summed E-state index contributed by atoms with van der Waals surface area (Å²) < 4.78 is 12.7. The predicted molar refractivity (Wildman–Crippen MR) is 122 cm³/mol. The van der Waals surface area contributed by atoms with Crippen molar-refractivity contribution in [3.63, 3.8) is 0 Å². The highest BCUT2D eigenvalue weighted by molar-refractivity contribution is 14.0. The van der Waals surface area contributed by atoms with Gasteiger partial charge in [0.15, 0.2) is 17.5 Å². The molecule has 0 spiro atoms. The lowest BCUT2D eigenvalue weighted by atomic mass is 10.1. The summed E-state index contributed by atoms with van der Waals surface area (Å²) in [5.74, 6) is 1.65. The topological polar surface area (TPSA) is 73.8 Å². The molecule has 0 unspecified atom stereocenters. The molecule has 0 radical (unpaired) electrons. The van der Waals surface area contributed by atoms with E-state index in [1.54, 1.807) is 14.2 Å². The summed E-state index contributed by atoms with van der Waals surface area (Å²) in [7, 11) is 5.26. The number of nitrogens with one attached hydrogen (secondary N) is 1. The number of fused-ring (bicyclic) bond motifs is 1. The van der Waals surface area contributed by atoms with Crippen LogP contribution in [-0.2, 0) is 13.6 Å². The van der Waals surface area contributed by atoms with Crippen LogP contribution in [0.5, 0.6) is 11.5 Å². The van der Waals surface area contributed by atoms with Crippen molar-refractivity contribution in [2.24, 2.45) is 17.8 Å². The smallest absolute Gasteiger partial charge is 0.193 e. The van der Waals surface area contributed by atoms with Gasteiger partial charge >= 0.3 is 0 Å². The van der Waals surface area contributed by atoms with E-state index in [1.165, 1.54) is 16.5 Å². The Morgan fingerprint density at radius 1 is 1.11 bits per heavy atom. The van der Waals surface area contributed by atoms with E-state index in [0.29, 0.717) is 24.0 Å². The van der Waals surface area contributed by atoms with Gasteiger partial charge in [0.25, 0.3) is 0 Å². The zero-order valence-electron chi connectivity index (χ0n) is 15.9. The highest BCUT2D eigenvalue weighted by Crippen LogP contribution is 2.29. The van der Waals surface area contributed by atoms with Gasteiger partial charge in [-0.05, 0) is 30.7 Å². The molecular formula is C20H25IN4O2. The number of hydrogen-bond donors (Lipinski definition) is 2. The van der Waals surface area contributed by atoms with Crippen molar-refractivity contribution in [1.29, 1.82) is 0 Å². The molecule has 6 nitrogen and oxygen atoms in total. The van der Waals surface area contributed by atoms with Crippen LogP contribution in [0.3, 0.4) is 0 Å². The van der Waals surface area contributed by atoms with Crippen molar-refractivity contribution in [2.75, 3.05) is 19.5 Å². The highest BCUT2D eigenvalue weighted by Gasteiger charge is 2.11. The molecule has 3 aromatic rings. The zero-order chi connectivity index (χ0) is 18.7. The summed E-state index contributed by atoms with van der Waals surface area (Å²) in [6.45, 7) is 2.62. The Balaban J connectivity index is 0.00000261. The maximum Gasteiger partial charge on any atom is 0.193 e. The summed E-state index contributed by atoms with van der Waals surface area (Å²) in [5, 5.41) is 4.34. The Bertz CT molecular complexity index is 927. The summed E-state index contributed by atoms with van der Waals surface area (Å²) in [6.07, 6.45) is 0. The maximum absolute atomic E-state index is 6.07. The first kappa shape index (κ1) is 20.9. The molecule has 27 heavy (non-hydrogen) atoms. The van der Waals surface area contributed by atoms with Gasteiger partial charge in [0.1, 0.15) is 0 Å². The monoisotopic (exact) mass is 480 g/mol. The molecule has 0 atom stereocenters. The molecule has 0 amide bonds. The number of anilines is 1. The van der Waals surface area contributed by atoms with Crippen LogP contribution in [-0.4, -0.2) is 24.7 Å². The number of hydrogen-bond acceptors (Lipinski definition) is 3. The SMILES string of the molecule is COc1ccc(NC(N)=NCc2c(C)c3ccccc3n2C)cc1OC.I. The number of halogens is 1. The summed E-state index contributed by atoms with van der Waals surface area (Å²) in [5.41, 5.74) is 10.4. The van der Waals surface area contributed by atoms with Gasteiger partial charge < -0.3 is 25.1 Å². The molecule has 0 aliphatic rings. The Hall–Kier alpha value is -2.42. The summed E-state index contributed by atoms with van der Waals surface area (Å²) in [6, 6.07) is 13.8. The number of ether oxygens (including phenoxy) is 2. The van der Waals surface area contributed by atoms with Gasteiger partial charge in [-0.3, -0.25) is 0 Å². The predicted octanol–water partition coefficient (Wildman–Crippen LogP) is 4.05. The molecule has 0 bridgehead atoms. The van der Waals surface area contributed by atoms with E-state index in [0.717, 1.165) is 11.4 Å². The normalized spacial score (nSPS) is 11.2. The molecule has 0 aliphatic heterocycles. The third-order valence-corrected chi connectivity index (χ3v) is 4.56. The van der Waals surface area contributed by atoms with Crippen LogP contribution in [0.2, 0.25) is 0 Å². The number of aryl methyl sites for hydroxylation is 2. The van der Waals surface area contributed by atoms with Crippen molar-refractivity contribution in [2.45, 2.75) is 13.5 Å². The molecule has 0 saturated carbocycles. The fourth-order valence-electron chi connectivity index (χ4n) is 3.12. The van der Waals surface area contributed by atoms with Gasteiger partial charge in [-0.15, -0.1) is 24.0 Å². The van der Waals surface area contributed by atoms with Gasteiger partial charge in [0.05, 0.1) is 20.8 Å². The molecule has 1 aromatic heterocycles. The highest BCUT2D eigenvalue weighted by atomic mass is 127. The lowest BCUT2D eigenvalue weighted by molar-refractivity contribution is 0.355.